The molecule has 0 unspecified atom stereocenters. The van der Waals surface area contributed by atoms with Gasteiger partial charge in [0, 0.05) is 25.9 Å². The normalized spacial score (nSPS) is 20.2. The van der Waals surface area contributed by atoms with E-state index in [1.54, 1.807) is 0 Å². The van der Waals surface area contributed by atoms with Gasteiger partial charge in [-0.2, -0.15) is 0 Å². The Hall–Kier alpha value is -1.16. The number of likely N-dealkylation sites (N-methyl/N-ethyl adjacent to an activating group) is 1. The van der Waals surface area contributed by atoms with Crippen molar-refractivity contribution in [2.75, 3.05) is 20.1 Å². The van der Waals surface area contributed by atoms with Crippen LogP contribution in [0.3, 0.4) is 0 Å². The van der Waals surface area contributed by atoms with Crippen molar-refractivity contribution < 1.29 is 9.47 Å². The van der Waals surface area contributed by atoms with Crippen molar-refractivity contribution in [3.8, 4) is 0 Å². The Balaban J connectivity index is 1.50. The van der Waals surface area contributed by atoms with Crippen LogP contribution in [0.5, 0.6) is 0 Å². The molecule has 2 atom stereocenters. The molecule has 3 nitrogen and oxygen atoms in total. The lowest BCUT2D eigenvalue weighted by atomic mass is 9.98. The molecule has 2 heterocycles. The van der Waals surface area contributed by atoms with Gasteiger partial charge in [0.05, 0.1) is 0 Å². The van der Waals surface area contributed by atoms with E-state index in [0.29, 0.717) is 0 Å². The highest BCUT2D eigenvalue weighted by molar-refractivity contribution is 4.95. The van der Waals surface area contributed by atoms with Crippen LogP contribution in [0.4, 0.5) is 0 Å². The summed E-state index contributed by atoms with van der Waals surface area (Å²) < 4.78 is 13.4. The van der Waals surface area contributed by atoms with Crippen molar-refractivity contribution in [1.29, 1.82) is 0 Å². The van der Waals surface area contributed by atoms with E-state index in [4.69, 9.17) is 9.47 Å². The molecule has 0 amide bonds. The second-order valence-corrected chi connectivity index (χ2v) is 14.1. The Morgan fingerprint density at radius 3 is 1.18 bits per heavy atom. The van der Waals surface area contributed by atoms with Crippen molar-refractivity contribution in [3.05, 3.63) is 48.6 Å². The number of rotatable bonds is 30. The molecule has 2 fully saturated rings. The minimum Gasteiger partial charge on any atom is -0.343 e. The minimum atomic E-state index is -0.304. The minimum absolute atomic E-state index is 0.282. The van der Waals surface area contributed by atoms with Gasteiger partial charge in [-0.3, -0.25) is 0 Å². The molecule has 2 aliphatic heterocycles. The number of allylic oxidation sites excluding steroid dienone is 8. The maximum Gasteiger partial charge on any atom is 0.169 e. The van der Waals surface area contributed by atoms with E-state index in [2.05, 4.69) is 74.4 Å². The Labute approximate surface area is 281 Å². The molecular weight excluding hydrogens is 550 g/mol. The van der Waals surface area contributed by atoms with E-state index in [-0.39, 0.29) is 18.0 Å². The quantitative estimate of drug-likeness (QED) is 0.0585. The number of unbranched alkanes of at least 4 members (excludes halogenated alkanes) is 18. The second kappa shape index (κ2) is 27.9. The van der Waals surface area contributed by atoms with E-state index in [1.807, 2.05) is 0 Å². The zero-order valence-corrected chi connectivity index (χ0v) is 30.3. The highest BCUT2D eigenvalue weighted by atomic mass is 16.8. The molecule has 0 saturated carbocycles. The van der Waals surface area contributed by atoms with Crippen molar-refractivity contribution in [2.45, 2.75) is 199 Å². The highest BCUT2D eigenvalue weighted by Crippen LogP contribution is 2.40. The average molecular weight is 626 g/mol. The zero-order chi connectivity index (χ0) is 32.1. The molecule has 0 aliphatic carbocycles. The number of hydrogen-bond acceptors (Lipinski definition) is 3. The first kappa shape index (κ1) is 40.0. The van der Waals surface area contributed by atoms with Gasteiger partial charge < -0.3 is 14.4 Å². The maximum absolute atomic E-state index is 6.70. The molecule has 45 heavy (non-hydrogen) atoms. The van der Waals surface area contributed by atoms with Crippen LogP contribution >= 0.6 is 0 Å². The Bertz CT molecular complexity index is 720. The summed E-state index contributed by atoms with van der Waals surface area (Å²) in [5.74, 6) is -0.304. The van der Waals surface area contributed by atoms with E-state index in [1.165, 1.54) is 141 Å². The van der Waals surface area contributed by atoms with Crippen molar-refractivity contribution in [1.82, 2.24) is 4.90 Å². The second-order valence-electron chi connectivity index (χ2n) is 14.1. The van der Waals surface area contributed by atoms with E-state index < -0.39 is 0 Å². The van der Waals surface area contributed by atoms with Crippen LogP contribution in [0, 0.1) is 0 Å². The summed E-state index contributed by atoms with van der Waals surface area (Å²) in [4.78, 5) is 2.36. The molecule has 0 spiro atoms. The van der Waals surface area contributed by atoms with Gasteiger partial charge in [0.15, 0.2) is 5.79 Å². The molecule has 260 valence electrons. The predicted octanol–water partition coefficient (Wildman–Crippen LogP) is 12.8. The first-order chi connectivity index (χ1) is 22.2. The lowest BCUT2D eigenvalue weighted by Crippen LogP contribution is -2.34. The van der Waals surface area contributed by atoms with Crippen LogP contribution in [0.1, 0.15) is 181 Å². The van der Waals surface area contributed by atoms with Crippen LogP contribution in [0.25, 0.3) is 0 Å². The third-order valence-corrected chi connectivity index (χ3v) is 9.65. The fourth-order valence-electron chi connectivity index (χ4n) is 6.86. The first-order valence-corrected chi connectivity index (χ1v) is 19.8. The summed E-state index contributed by atoms with van der Waals surface area (Å²) in [6.45, 7) is 6.59. The molecule has 0 aromatic rings. The molecule has 0 aromatic carbocycles. The summed E-state index contributed by atoms with van der Waals surface area (Å²) in [6.07, 6.45) is 52.7. The van der Waals surface area contributed by atoms with Gasteiger partial charge >= 0.3 is 0 Å². The third kappa shape index (κ3) is 20.6. The smallest absolute Gasteiger partial charge is 0.169 e. The highest BCUT2D eigenvalue weighted by Gasteiger charge is 2.49. The van der Waals surface area contributed by atoms with Crippen LogP contribution in [-0.2, 0) is 9.47 Å². The van der Waals surface area contributed by atoms with Gasteiger partial charge in [0.1, 0.15) is 12.2 Å². The van der Waals surface area contributed by atoms with Crippen molar-refractivity contribution >= 4 is 0 Å². The molecule has 0 bridgehead atoms. The molecule has 0 aromatic heterocycles. The number of hydrogen-bond donors (Lipinski definition) is 0. The van der Waals surface area contributed by atoms with Crippen LogP contribution in [-0.4, -0.2) is 43.0 Å². The largest absolute Gasteiger partial charge is 0.343 e. The standard InChI is InChI=1S/C42H75NO2/c1-4-6-8-10-12-14-16-18-20-22-24-26-28-30-32-34-36-42(44-40-38-43(3)39-41(40)45-42)37-35-33-31-29-27-25-23-21-19-17-15-13-11-9-7-5-2/h12-15,18-21,40-41H,4-11,16-17,22-39H2,1-3H3/b14-12-,15-13-,20-18-,21-19-/t40-,41-/m0/s1. The SMILES string of the molecule is CCCCC/C=C\C/C=C\CCCCCCCCC1(CCCCCCCC/C=C\C/C=C\CCCCC)O[C@H]2CN(C)C[C@@H]2O1. The lowest BCUT2D eigenvalue weighted by molar-refractivity contribution is -0.193. The Kier molecular flexibility index (Phi) is 24.8. The van der Waals surface area contributed by atoms with Crippen molar-refractivity contribution in [3.63, 3.8) is 0 Å². The van der Waals surface area contributed by atoms with Gasteiger partial charge in [-0.1, -0.05) is 140 Å². The van der Waals surface area contributed by atoms with Gasteiger partial charge in [-0.25, -0.2) is 0 Å². The maximum atomic E-state index is 6.70. The van der Waals surface area contributed by atoms with Gasteiger partial charge in [-0.15, -0.1) is 0 Å². The van der Waals surface area contributed by atoms with E-state index in [9.17, 15) is 0 Å². The number of ether oxygens (including phenoxy) is 2. The fraction of sp³-hybridized carbons (Fsp3) is 0.810. The van der Waals surface area contributed by atoms with E-state index in [0.717, 1.165) is 38.8 Å². The van der Waals surface area contributed by atoms with Crippen LogP contribution in [0.15, 0.2) is 48.6 Å². The number of fused-ring (bicyclic) bond motifs is 1. The molecule has 2 rings (SSSR count). The molecule has 2 saturated heterocycles. The van der Waals surface area contributed by atoms with Gasteiger partial charge in [0.2, 0.25) is 0 Å². The van der Waals surface area contributed by atoms with Crippen molar-refractivity contribution in [2.24, 2.45) is 0 Å². The first-order valence-electron chi connectivity index (χ1n) is 19.8. The molecule has 0 N–H and O–H groups in total. The number of nitrogens with zero attached hydrogens (tertiary/aromatic N) is 1. The summed E-state index contributed by atoms with van der Waals surface area (Å²) in [5, 5.41) is 0. The summed E-state index contributed by atoms with van der Waals surface area (Å²) in [6, 6.07) is 0. The monoisotopic (exact) mass is 626 g/mol. The average Bonchev–Trinajstić information content (AvgIpc) is 3.54. The van der Waals surface area contributed by atoms with Gasteiger partial charge in [-0.05, 0) is 84.1 Å². The zero-order valence-electron chi connectivity index (χ0n) is 30.3. The topological polar surface area (TPSA) is 21.7 Å². The summed E-state index contributed by atoms with van der Waals surface area (Å²) in [7, 11) is 2.19. The molecular formula is C42H75NO2. The van der Waals surface area contributed by atoms with Gasteiger partial charge in [0.25, 0.3) is 0 Å². The predicted molar refractivity (Wildman–Crippen MR) is 198 cm³/mol. The fourth-order valence-corrected chi connectivity index (χ4v) is 6.86. The molecule has 0 radical (unpaired) electrons. The van der Waals surface area contributed by atoms with Crippen LogP contribution in [0.2, 0.25) is 0 Å². The van der Waals surface area contributed by atoms with E-state index >= 15 is 0 Å². The third-order valence-electron chi connectivity index (χ3n) is 9.65. The molecule has 3 heteroatoms. The number of likely N-dealkylation sites (tertiary alicyclic amines) is 1. The summed E-state index contributed by atoms with van der Waals surface area (Å²) >= 11 is 0. The van der Waals surface area contributed by atoms with Crippen LogP contribution < -0.4 is 0 Å². The lowest BCUT2D eigenvalue weighted by Gasteiger charge is -2.30. The Morgan fingerprint density at radius 1 is 0.467 bits per heavy atom. The molecule has 2 aliphatic rings. The Morgan fingerprint density at radius 2 is 0.800 bits per heavy atom. The summed E-state index contributed by atoms with van der Waals surface area (Å²) in [5.41, 5.74) is 0.